The minimum absolute atomic E-state index is 0.0148. The zero-order chi connectivity index (χ0) is 11.1. The summed E-state index contributed by atoms with van der Waals surface area (Å²) in [5.41, 5.74) is 1.25. The van der Waals surface area contributed by atoms with Crippen molar-refractivity contribution < 1.29 is 4.79 Å². The fraction of sp³-hybridized carbons (Fsp3) is 0.357. The van der Waals surface area contributed by atoms with Gasteiger partial charge < -0.3 is 0 Å². The summed E-state index contributed by atoms with van der Waals surface area (Å²) in [5.74, 6) is 1.14. The van der Waals surface area contributed by atoms with Gasteiger partial charge in [0.15, 0.2) is 0 Å². The Balaban J connectivity index is 2.00. The second-order valence-corrected chi connectivity index (χ2v) is 5.09. The van der Waals surface area contributed by atoms with Crippen LogP contribution in [0.3, 0.4) is 0 Å². The maximum Gasteiger partial charge on any atom is 0.225 e. The van der Waals surface area contributed by atoms with Crippen LogP contribution in [0.1, 0.15) is 17.9 Å². The molecule has 0 heterocycles. The lowest BCUT2D eigenvalue weighted by molar-refractivity contribution is -0.116. The number of carbonyl (C=O) groups excluding carboxylic acids is 1. The topological polar surface area (TPSA) is 17.1 Å². The highest BCUT2D eigenvalue weighted by Crippen LogP contribution is 2.53. The lowest BCUT2D eigenvalue weighted by Gasteiger charge is -2.25. The van der Waals surface area contributed by atoms with Gasteiger partial charge in [-0.05, 0) is 35.4 Å². The predicted octanol–water partition coefficient (Wildman–Crippen LogP) is 3.36. The van der Waals surface area contributed by atoms with E-state index in [2.05, 4.69) is 24.3 Å². The molecule has 0 saturated heterocycles. The smallest absolute Gasteiger partial charge is 0.225 e. The van der Waals surface area contributed by atoms with Crippen molar-refractivity contribution >= 4 is 16.8 Å². The van der Waals surface area contributed by atoms with Crippen LogP contribution in [0.2, 0.25) is 0 Å². The molecule has 0 N–H and O–H groups in total. The molecule has 82 valence electrons. The van der Waals surface area contributed by atoms with Crippen molar-refractivity contribution in [1.29, 1.82) is 0 Å². The molecule has 0 aromatic heterocycles. The van der Waals surface area contributed by atoms with E-state index in [-0.39, 0.29) is 11.2 Å². The molecule has 0 spiro atoms. The molecule has 1 fully saturated rings. The molecule has 0 unspecified atom stereocenters. The predicted molar refractivity (Wildman–Crippen MR) is 64.3 cm³/mol. The maximum atomic E-state index is 11.6. The molecule has 1 aromatic rings. The van der Waals surface area contributed by atoms with E-state index in [1.165, 1.54) is 5.56 Å². The van der Waals surface area contributed by atoms with Gasteiger partial charge >= 0.3 is 0 Å². The van der Waals surface area contributed by atoms with Crippen LogP contribution in [0.25, 0.3) is 0 Å². The maximum absolute atomic E-state index is 11.6. The quantitative estimate of drug-likeness (QED) is 0.565. The SMILES string of the molecule is O=C(Cl)[C@@H]1[C@H](c2ccccc2)[C@H]2C=C[C@@H]1C2. The zero-order valence-corrected chi connectivity index (χ0v) is 9.60. The van der Waals surface area contributed by atoms with E-state index in [0.717, 1.165) is 6.42 Å². The monoisotopic (exact) mass is 232 g/mol. The molecule has 3 rings (SSSR count). The number of rotatable bonds is 2. The first-order valence-corrected chi connectivity index (χ1v) is 6.08. The molecule has 0 radical (unpaired) electrons. The van der Waals surface area contributed by atoms with Crippen molar-refractivity contribution in [3.8, 4) is 0 Å². The van der Waals surface area contributed by atoms with Crippen LogP contribution < -0.4 is 0 Å². The number of allylic oxidation sites excluding steroid dienone is 2. The summed E-state index contributed by atoms with van der Waals surface area (Å²) in [5, 5.41) is -0.175. The summed E-state index contributed by atoms with van der Waals surface area (Å²) < 4.78 is 0. The third-order valence-electron chi connectivity index (χ3n) is 3.91. The Morgan fingerprint density at radius 3 is 2.50 bits per heavy atom. The number of fused-ring (bicyclic) bond motifs is 2. The molecule has 2 bridgehead atoms. The third-order valence-corrected chi connectivity index (χ3v) is 4.16. The van der Waals surface area contributed by atoms with Gasteiger partial charge in [0.05, 0.1) is 0 Å². The van der Waals surface area contributed by atoms with Gasteiger partial charge in [0.2, 0.25) is 5.24 Å². The highest BCUT2D eigenvalue weighted by Gasteiger charge is 2.47. The Morgan fingerprint density at radius 1 is 1.12 bits per heavy atom. The summed E-state index contributed by atoms with van der Waals surface area (Å²) >= 11 is 5.75. The molecule has 16 heavy (non-hydrogen) atoms. The van der Waals surface area contributed by atoms with Gasteiger partial charge in [-0.2, -0.15) is 0 Å². The summed E-state index contributed by atoms with van der Waals surface area (Å²) in [4.78, 5) is 11.6. The minimum Gasteiger partial charge on any atom is -0.281 e. The molecule has 0 amide bonds. The minimum atomic E-state index is -0.175. The Kier molecular flexibility index (Phi) is 2.36. The average Bonchev–Trinajstić information content (AvgIpc) is 2.89. The molecular weight excluding hydrogens is 220 g/mol. The van der Waals surface area contributed by atoms with Gasteiger partial charge in [-0.3, -0.25) is 4.79 Å². The Hall–Kier alpha value is -1.08. The molecule has 2 aliphatic rings. The van der Waals surface area contributed by atoms with Crippen molar-refractivity contribution in [3.63, 3.8) is 0 Å². The lowest BCUT2D eigenvalue weighted by atomic mass is 9.79. The van der Waals surface area contributed by atoms with Crippen LogP contribution in [-0.2, 0) is 4.79 Å². The summed E-state index contributed by atoms with van der Waals surface area (Å²) in [6.07, 6.45) is 5.50. The Morgan fingerprint density at radius 2 is 1.81 bits per heavy atom. The highest BCUT2D eigenvalue weighted by atomic mass is 35.5. The van der Waals surface area contributed by atoms with E-state index >= 15 is 0 Å². The fourth-order valence-corrected chi connectivity index (χ4v) is 3.56. The van der Waals surface area contributed by atoms with Crippen LogP contribution in [0.5, 0.6) is 0 Å². The Labute approximate surface area is 100 Å². The van der Waals surface area contributed by atoms with Gasteiger partial charge in [0.25, 0.3) is 0 Å². The normalized spacial score (nSPS) is 35.6. The second-order valence-electron chi connectivity index (χ2n) is 4.71. The van der Waals surface area contributed by atoms with Crippen LogP contribution in [-0.4, -0.2) is 5.24 Å². The molecule has 1 saturated carbocycles. The van der Waals surface area contributed by atoms with E-state index in [1.807, 2.05) is 18.2 Å². The summed E-state index contributed by atoms with van der Waals surface area (Å²) in [6, 6.07) is 10.3. The van der Waals surface area contributed by atoms with Gasteiger partial charge in [-0.15, -0.1) is 0 Å². The number of hydrogen-bond donors (Lipinski definition) is 0. The number of benzene rings is 1. The van der Waals surface area contributed by atoms with E-state index < -0.39 is 0 Å². The van der Waals surface area contributed by atoms with Crippen molar-refractivity contribution in [2.75, 3.05) is 0 Å². The average molecular weight is 233 g/mol. The van der Waals surface area contributed by atoms with Gasteiger partial charge in [0.1, 0.15) is 0 Å². The molecule has 2 aliphatic carbocycles. The second kappa shape index (κ2) is 3.74. The van der Waals surface area contributed by atoms with Gasteiger partial charge in [0, 0.05) is 11.8 Å². The van der Waals surface area contributed by atoms with Crippen molar-refractivity contribution in [3.05, 3.63) is 48.0 Å². The van der Waals surface area contributed by atoms with E-state index in [9.17, 15) is 4.79 Å². The van der Waals surface area contributed by atoms with Crippen LogP contribution in [0.15, 0.2) is 42.5 Å². The largest absolute Gasteiger partial charge is 0.281 e. The highest BCUT2D eigenvalue weighted by molar-refractivity contribution is 6.64. The van der Waals surface area contributed by atoms with Crippen LogP contribution >= 0.6 is 11.6 Å². The van der Waals surface area contributed by atoms with Gasteiger partial charge in [-0.1, -0.05) is 42.5 Å². The Bertz CT molecular complexity index is 437. The molecule has 2 heteroatoms. The van der Waals surface area contributed by atoms with E-state index in [4.69, 9.17) is 11.6 Å². The van der Waals surface area contributed by atoms with Crippen molar-refractivity contribution in [2.45, 2.75) is 12.3 Å². The van der Waals surface area contributed by atoms with Crippen LogP contribution in [0, 0.1) is 17.8 Å². The summed E-state index contributed by atoms with van der Waals surface area (Å²) in [7, 11) is 0. The number of hydrogen-bond acceptors (Lipinski definition) is 1. The molecule has 1 nitrogen and oxygen atoms in total. The standard InChI is InChI=1S/C14H13ClO/c15-14(16)13-11-7-6-10(8-11)12(13)9-4-2-1-3-5-9/h1-7,10-13H,8H2/t10-,11+,12+,13-/m0/s1. The first-order chi connectivity index (χ1) is 7.77. The van der Waals surface area contributed by atoms with Crippen molar-refractivity contribution in [1.82, 2.24) is 0 Å². The van der Waals surface area contributed by atoms with Crippen molar-refractivity contribution in [2.24, 2.45) is 17.8 Å². The molecule has 1 aromatic carbocycles. The number of carbonyl (C=O) groups is 1. The first kappa shape index (κ1) is 10.1. The third kappa shape index (κ3) is 1.42. The van der Waals surface area contributed by atoms with E-state index in [1.54, 1.807) is 0 Å². The first-order valence-electron chi connectivity index (χ1n) is 5.70. The van der Waals surface area contributed by atoms with Crippen LogP contribution in [0.4, 0.5) is 0 Å². The van der Waals surface area contributed by atoms with E-state index in [0.29, 0.717) is 17.8 Å². The molecule has 0 aliphatic heterocycles. The fourth-order valence-electron chi connectivity index (χ4n) is 3.26. The van der Waals surface area contributed by atoms with Gasteiger partial charge in [-0.25, -0.2) is 0 Å². The molecule has 4 atom stereocenters. The lowest BCUT2D eigenvalue weighted by Crippen LogP contribution is -2.22. The summed E-state index contributed by atoms with van der Waals surface area (Å²) in [6.45, 7) is 0. The molecular formula is C14H13ClO. The number of halogens is 1. The zero-order valence-electron chi connectivity index (χ0n) is 8.84.